The summed E-state index contributed by atoms with van der Waals surface area (Å²) in [5, 5.41) is 0. The summed E-state index contributed by atoms with van der Waals surface area (Å²) in [5.74, 6) is 1.63. The molecule has 0 aliphatic heterocycles. The van der Waals surface area contributed by atoms with Gasteiger partial charge >= 0.3 is 0 Å². The summed E-state index contributed by atoms with van der Waals surface area (Å²) in [7, 11) is 0. The lowest BCUT2D eigenvalue weighted by Crippen LogP contribution is -2.13. The molecule has 0 heterocycles. The van der Waals surface area contributed by atoms with Crippen LogP contribution in [0.15, 0.2) is 18.2 Å². The minimum atomic E-state index is -0.202. The largest absolute Gasteiger partial charge is 0.491 e. The van der Waals surface area contributed by atoms with Gasteiger partial charge in [0.1, 0.15) is 0 Å². The lowest BCUT2D eigenvalue weighted by molar-refractivity contribution is 0.297. The fourth-order valence-electron chi connectivity index (χ4n) is 3.29. The fourth-order valence-corrected chi connectivity index (χ4v) is 3.29. The molecule has 0 radical (unpaired) electrons. The van der Waals surface area contributed by atoms with E-state index in [0.29, 0.717) is 18.3 Å². The molecule has 1 aromatic carbocycles. The number of halogens is 1. The van der Waals surface area contributed by atoms with Crippen molar-refractivity contribution in [3.8, 4) is 5.75 Å². The molecular weight excluding hydrogens is 251 g/mol. The molecule has 1 saturated carbocycles. The Balaban J connectivity index is 1.95. The lowest BCUT2D eigenvalue weighted by Gasteiger charge is -2.28. The van der Waals surface area contributed by atoms with Crippen molar-refractivity contribution >= 4 is 0 Å². The van der Waals surface area contributed by atoms with Gasteiger partial charge in [-0.1, -0.05) is 32.8 Å². The van der Waals surface area contributed by atoms with Gasteiger partial charge in [0.2, 0.25) is 0 Å². The zero-order valence-electron chi connectivity index (χ0n) is 12.8. The Hall–Kier alpha value is -1.05. The molecular formula is C18H27FO. The molecule has 0 amide bonds. The first-order chi connectivity index (χ1) is 9.74. The van der Waals surface area contributed by atoms with Crippen LogP contribution in [0.25, 0.3) is 0 Å². The van der Waals surface area contributed by atoms with Crippen molar-refractivity contribution in [2.75, 3.05) is 6.61 Å². The molecule has 0 spiro atoms. The normalized spacial score (nSPS) is 22.8. The number of rotatable bonds is 6. The van der Waals surface area contributed by atoms with Crippen LogP contribution in [0, 0.1) is 11.7 Å². The Kier molecular flexibility index (Phi) is 5.87. The standard InChI is InChI=1S/C18H27FO/c1-3-5-14-6-8-15(9-7-14)16-10-11-18(17(19)13-16)20-12-4-2/h10-11,13-15H,3-9,12H2,1-2H3/t14-,15-. The number of hydrogen-bond acceptors (Lipinski definition) is 1. The molecule has 0 bridgehead atoms. The molecule has 112 valence electrons. The first-order valence-corrected chi connectivity index (χ1v) is 8.16. The third-order valence-electron chi connectivity index (χ3n) is 4.43. The van der Waals surface area contributed by atoms with E-state index in [2.05, 4.69) is 13.0 Å². The Morgan fingerprint density at radius 2 is 1.85 bits per heavy atom. The zero-order chi connectivity index (χ0) is 14.4. The third kappa shape index (κ3) is 3.97. The maximum absolute atomic E-state index is 14.0. The van der Waals surface area contributed by atoms with Gasteiger partial charge in [0.15, 0.2) is 11.6 Å². The van der Waals surface area contributed by atoms with E-state index in [9.17, 15) is 4.39 Å². The molecule has 1 aromatic rings. The van der Waals surface area contributed by atoms with Crippen LogP contribution in [-0.4, -0.2) is 6.61 Å². The van der Waals surface area contributed by atoms with Gasteiger partial charge in [-0.05, 0) is 61.6 Å². The SMILES string of the molecule is CCCOc1ccc([C@H]2CC[C@H](CCC)CC2)cc1F. The average Bonchev–Trinajstić information content (AvgIpc) is 2.47. The van der Waals surface area contributed by atoms with Crippen molar-refractivity contribution < 1.29 is 9.13 Å². The van der Waals surface area contributed by atoms with Gasteiger partial charge in [-0.15, -0.1) is 0 Å². The van der Waals surface area contributed by atoms with E-state index < -0.39 is 0 Å². The Morgan fingerprint density at radius 1 is 1.10 bits per heavy atom. The van der Waals surface area contributed by atoms with Crippen molar-refractivity contribution in [3.05, 3.63) is 29.6 Å². The average molecular weight is 278 g/mol. The number of benzene rings is 1. The van der Waals surface area contributed by atoms with E-state index in [1.807, 2.05) is 6.92 Å². The molecule has 0 saturated heterocycles. The molecule has 1 aliphatic rings. The van der Waals surface area contributed by atoms with Crippen molar-refractivity contribution in [2.45, 2.75) is 64.7 Å². The van der Waals surface area contributed by atoms with Crippen LogP contribution in [0.3, 0.4) is 0 Å². The van der Waals surface area contributed by atoms with Crippen LogP contribution in [0.4, 0.5) is 4.39 Å². The minimum Gasteiger partial charge on any atom is -0.491 e. The van der Waals surface area contributed by atoms with Gasteiger partial charge in [-0.2, -0.15) is 0 Å². The second-order valence-electron chi connectivity index (χ2n) is 6.04. The molecule has 1 aliphatic carbocycles. The Morgan fingerprint density at radius 3 is 2.45 bits per heavy atom. The van der Waals surface area contributed by atoms with Crippen LogP contribution >= 0.6 is 0 Å². The lowest BCUT2D eigenvalue weighted by atomic mass is 9.77. The third-order valence-corrected chi connectivity index (χ3v) is 4.43. The minimum absolute atomic E-state index is 0.202. The number of hydrogen-bond donors (Lipinski definition) is 0. The summed E-state index contributed by atoms with van der Waals surface area (Å²) < 4.78 is 19.4. The second kappa shape index (κ2) is 7.66. The molecule has 1 fully saturated rings. The van der Waals surface area contributed by atoms with Gasteiger partial charge in [0.05, 0.1) is 6.61 Å². The van der Waals surface area contributed by atoms with Crippen molar-refractivity contribution in [1.29, 1.82) is 0 Å². The molecule has 20 heavy (non-hydrogen) atoms. The Bertz CT molecular complexity index is 408. The molecule has 0 atom stereocenters. The van der Waals surface area contributed by atoms with Crippen LogP contribution in [0.5, 0.6) is 5.75 Å². The van der Waals surface area contributed by atoms with E-state index in [4.69, 9.17) is 4.74 Å². The van der Waals surface area contributed by atoms with Gasteiger partial charge in [-0.25, -0.2) is 4.39 Å². The van der Waals surface area contributed by atoms with E-state index in [-0.39, 0.29) is 5.82 Å². The summed E-state index contributed by atoms with van der Waals surface area (Å²) in [5.41, 5.74) is 1.15. The molecule has 2 heteroatoms. The topological polar surface area (TPSA) is 9.23 Å². The summed E-state index contributed by atoms with van der Waals surface area (Å²) >= 11 is 0. The predicted octanol–water partition coefficient (Wildman–Crippen LogP) is 5.69. The summed E-state index contributed by atoms with van der Waals surface area (Å²) in [6.07, 6.45) is 8.56. The van der Waals surface area contributed by atoms with Gasteiger partial charge in [-0.3, -0.25) is 0 Å². The van der Waals surface area contributed by atoms with Crippen LogP contribution < -0.4 is 4.74 Å². The van der Waals surface area contributed by atoms with Gasteiger partial charge in [0.25, 0.3) is 0 Å². The predicted molar refractivity (Wildman–Crippen MR) is 81.8 cm³/mol. The molecule has 1 nitrogen and oxygen atoms in total. The molecule has 0 unspecified atom stereocenters. The molecule has 2 rings (SSSR count). The summed E-state index contributed by atoms with van der Waals surface area (Å²) in [6, 6.07) is 5.55. The highest BCUT2D eigenvalue weighted by Gasteiger charge is 2.22. The molecule has 0 aromatic heterocycles. The van der Waals surface area contributed by atoms with E-state index in [1.165, 1.54) is 38.5 Å². The van der Waals surface area contributed by atoms with Crippen LogP contribution in [-0.2, 0) is 0 Å². The highest BCUT2D eigenvalue weighted by atomic mass is 19.1. The maximum Gasteiger partial charge on any atom is 0.165 e. The highest BCUT2D eigenvalue weighted by molar-refractivity contribution is 5.31. The first-order valence-electron chi connectivity index (χ1n) is 8.16. The van der Waals surface area contributed by atoms with Gasteiger partial charge in [0, 0.05) is 0 Å². The van der Waals surface area contributed by atoms with Gasteiger partial charge < -0.3 is 4.74 Å². The van der Waals surface area contributed by atoms with E-state index in [0.717, 1.165) is 17.9 Å². The van der Waals surface area contributed by atoms with Crippen LogP contribution in [0.1, 0.15) is 70.3 Å². The van der Waals surface area contributed by atoms with Crippen LogP contribution in [0.2, 0.25) is 0 Å². The number of ether oxygens (including phenoxy) is 1. The summed E-state index contributed by atoms with van der Waals surface area (Å²) in [6.45, 7) is 4.87. The van der Waals surface area contributed by atoms with Crippen molar-refractivity contribution in [3.63, 3.8) is 0 Å². The van der Waals surface area contributed by atoms with Crippen molar-refractivity contribution in [2.24, 2.45) is 5.92 Å². The van der Waals surface area contributed by atoms with Crippen molar-refractivity contribution in [1.82, 2.24) is 0 Å². The highest BCUT2D eigenvalue weighted by Crippen LogP contribution is 2.38. The summed E-state index contributed by atoms with van der Waals surface area (Å²) in [4.78, 5) is 0. The quantitative estimate of drug-likeness (QED) is 0.649. The first kappa shape index (κ1) is 15.3. The molecule has 0 N–H and O–H groups in total. The smallest absolute Gasteiger partial charge is 0.165 e. The van der Waals surface area contributed by atoms with E-state index in [1.54, 1.807) is 12.1 Å². The van der Waals surface area contributed by atoms with E-state index >= 15 is 0 Å². The fraction of sp³-hybridized carbons (Fsp3) is 0.667. The Labute approximate surface area is 122 Å². The monoisotopic (exact) mass is 278 g/mol. The maximum atomic E-state index is 14.0. The zero-order valence-corrected chi connectivity index (χ0v) is 12.8. The second-order valence-corrected chi connectivity index (χ2v) is 6.04.